The number of pyridine rings is 1. The highest BCUT2D eigenvalue weighted by atomic mass is 16.1. The molecule has 2 N–H and O–H groups in total. The van der Waals surface area contributed by atoms with Crippen LogP contribution in [0.4, 0.5) is 0 Å². The van der Waals surface area contributed by atoms with Crippen LogP contribution >= 0.6 is 0 Å². The van der Waals surface area contributed by atoms with Crippen molar-refractivity contribution in [3.63, 3.8) is 0 Å². The Hall–Kier alpha value is -1.71. The van der Waals surface area contributed by atoms with E-state index < -0.39 is 5.91 Å². The third-order valence-corrected chi connectivity index (χ3v) is 1.54. The predicted octanol–water partition coefficient (Wildman–Crippen LogP) is 0.312. The van der Waals surface area contributed by atoms with Crippen molar-refractivity contribution < 1.29 is 9.59 Å². The first-order valence-corrected chi connectivity index (χ1v) is 3.84. The number of carbonyl (C=O) groups excluding carboxylic acids is 2. The Kier molecular flexibility index (Phi) is 2.74. The molecule has 4 nitrogen and oxygen atoms in total. The van der Waals surface area contributed by atoms with Crippen LogP contribution in [0.1, 0.15) is 23.0 Å². The van der Waals surface area contributed by atoms with Crippen LogP contribution in [0.5, 0.6) is 0 Å². The average Bonchev–Trinajstić information content (AvgIpc) is 2.04. The van der Waals surface area contributed by atoms with E-state index in [0.717, 1.165) is 0 Å². The Morgan fingerprint density at radius 1 is 1.46 bits per heavy atom. The maximum Gasteiger partial charge on any atom is 0.250 e. The van der Waals surface area contributed by atoms with E-state index in [1.54, 1.807) is 12.1 Å². The van der Waals surface area contributed by atoms with Crippen LogP contribution in [0, 0.1) is 0 Å². The van der Waals surface area contributed by atoms with Gasteiger partial charge in [-0.3, -0.25) is 14.6 Å². The second kappa shape index (κ2) is 3.80. The lowest BCUT2D eigenvalue weighted by Gasteiger charge is -1.97. The predicted molar refractivity (Wildman–Crippen MR) is 47.1 cm³/mol. The number of aromatic nitrogens is 1. The van der Waals surface area contributed by atoms with Gasteiger partial charge in [-0.05, 0) is 19.1 Å². The van der Waals surface area contributed by atoms with Gasteiger partial charge in [0.2, 0.25) is 5.91 Å². The number of rotatable bonds is 3. The number of ketones is 1. The van der Waals surface area contributed by atoms with Crippen molar-refractivity contribution in [2.75, 3.05) is 0 Å². The molecular formula is C9H10N2O2. The van der Waals surface area contributed by atoms with Crippen LogP contribution in [0.3, 0.4) is 0 Å². The Balaban J connectivity index is 2.81. The van der Waals surface area contributed by atoms with Crippen molar-refractivity contribution >= 4 is 11.7 Å². The van der Waals surface area contributed by atoms with Crippen molar-refractivity contribution in [2.24, 2.45) is 5.73 Å². The standard InChI is InChI=1S/C9H10N2O2/c1-6(12)4-8-3-2-7(5-11-8)9(10)13/h2-3,5H,4H2,1H3,(H2,10,13). The van der Waals surface area contributed by atoms with Crippen LogP contribution in [0.15, 0.2) is 18.3 Å². The van der Waals surface area contributed by atoms with Crippen molar-refractivity contribution in [3.8, 4) is 0 Å². The first-order chi connectivity index (χ1) is 6.09. The summed E-state index contributed by atoms with van der Waals surface area (Å²) in [6.45, 7) is 1.49. The molecule has 0 aliphatic heterocycles. The molecule has 0 radical (unpaired) electrons. The lowest BCUT2D eigenvalue weighted by atomic mass is 10.2. The number of carbonyl (C=O) groups is 2. The summed E-state index contributed by atoms with van der Waals surface area (Å²) in [4.78, 5) is 25.3. The van der Waals surface area contributed by atoms with Crippen molar-refractivity contribution in [3.05, 3.63) is 29.6 Å². The van der Waals surface area contributed by atoms with Gasteiger partial charge in [0, 0.05) is 18.3 Å². The quantitative estimate of drug-likeness (QED) is 0.724. The third-order valence-electron chi connectivity index (χ3n) is 1.54. The Bertz CT molecular complexity index is 330. The highest BCUT2D eigenvalue weighted by molar-refractivity contribution is 5.92. The number of nitrogens with zero attached hydrogens (tertiary/aromatic N) is 1. The van der Waals surface area contributed by atoms with E-state index in [0.29, 0.717) is 17.7 Å². The highest BCUT2D eigenvalue weighted by Gasteiger charge is 2.02. The number of hydrogen-bond donors (Lipinski definition) is 1. The zero-order chi connectivity index (χ0) is 9.84. The maximum absolute atomic E-state index is 10.7. The molecule has 0 unspecified atom stereocenters. The van der Waals surface area contributed by atoms with E-state index in [4.69, 9.17) is 5.73 Å². The minimum atomic E-state index is -0.512. The summed E-state index contributed by atoms with van der Waals surface area (Å²) in [7, 11) is 0. The molecule has 1 rings (SSSR count). The largest absolute Gasteiger partial charge is 0.366 e. The number of amides is 1. The van der Waals surface area contributed by atoms with Crippen molar-refractivity contribution in [2.45, 2.75) is 13.3 Å². The summed E-state index contributed by atoms with van der Waals surface area (Å²) < 4.78 is 0. The number of Topliss-reactive ketones (excluding diaryl/α,β-unsaturated/α-hetero) is 1. The molecule has 68 valence electrons. The smallest absolute Gasteiger partial charge is 0.250 e. The molecule has 1 aromatic heterocycles. The monoisotopic (exact) mass is 178 g/mol. The Morgan fingerprint density at radius 2 is 2.15 bits per heavy atom. The van der Waals surface area contributed by atoms with Gasteiger partial charge >= 0.3 is 0 Å². The lowest BCUT2D eigenvalue weighted by Crippen LogP contribution is -2.11. The fourth-order valence-corrected chi connectivity index (χ4v) is 0.930. The SMILES string of the molecule is CC(=O)Cc1ccc(C(N)=O)cn1. The number of primary amides is 1. The van der Waals surface area contributed by atoms with Crippen LogP contribution < -0.4 is 5.73 Å². The van der Waals surface area contributed by atoms with E-state index in [9.17, 15) is 9.59 Å². The van der Waals surface area contributed by atoms with Crippen LogP contribution in [0.25, 0.3) is 0 Å². The number of nitrogens with two attached hydrogens (primary N) is 1. The average molecular weight is 178 g/mol. The fourth-order valence-electron chi connectivity index (χ4n) is 0.930. The first kappa shape index (κ1) is 9.38. The second-order valence-corrected chi connectivity index (χ2v) is 2.78. The summed E-state index contributed by atoms with van der Waals surface area (Å²) in [5, 5.41) is 0. The highest BCUT2D eigenvalue weighted by Crippen LogP contribution is 2.00. The van der Waals surface area contributed by atoms with E-state index in [-0.39, 0.29) is 5.78 Å². The minimum absolute atomic E-state index is 0.0410. The van der Waals surface area contributed by atoms with Gasteiger partial charge in [-0.25, -0.2) is 0 Å². The Labute approximate surface area is 75.8 Å². The molecule has 1 amide bonds. The van der Waals surface area contributed by atoms with Crippen molar-refractivity contribution in [1.82, 2.24) is 4.98 Å². The van der Waals surface area contributed by atoms with Gasteiger partial charge in [0.25, 0.3) is 0 Å². The zero-order valence-corrected chi connectivity index (χ0v) is 7.28. The summed E-state index contributed by atoms with van der Waals surface area (Å²) in [6, 6.07) is 3.19. The minimum Gasteiger partial charge on any atom is -0.366 e. The first-order valence-electron chi connectivity index (χ1n) is 3.84. The fraction of sp³-hybridized carbons (Fsp3) is 0.222. The molecule has 0 saturated carbocycles. The maximum atomic E-state index is 10.7. The molecule has 0 bridgehead atoms. The molecule has 13 heavy (non-hydrogen) atoms. The van der Waals surface area contributed by atoms with Crippen LogP contribution in [-0.2, 0) is 11.2 Å². The van der Waals surface area contributed by atoms with E-state index in [1.807, 2.05) is 0 Å². The van der Waals surface area contributed by atoms with E-state index in [2.05, 4.69) is 4.98 Å². The molecule has 0 saturated heterocycles. The third kappa shape index (κ3) is 2.66. The molecule has 0 fully saturated rings. The molecule has 1 aromatic rings. The molecule has 0 aromatic carbocycles. The van der Waals surface area contributed by atoms with Gasteiger partial charge in [0.1, 0.15) is 5.78 Å². The molecule has 0 aliphatic rings. The summed E-state index contributed by atoms with van der Waals surface area (Å²) in [5.41, 5.74) is 6.02. The normalized spacial score (nSPS) is 9.62. The van der Waals surface area contributed by atoms with E-state index >= 15 is 0 Å². The van der Waals surface area contributed by atoms with Gasteiger partial charge in [-0.15, -0.1) is 0 Å². The zero-order valence-electron chi connectivity index (χ0n) is 7.28. The summed E-state index contributed by atoms with van der Waals surface area (Å²) >= 11 is 0. The van der Waals surface area contributed by atoms with Gasteiger partial charge in [-0.1, -0.05) is 0 Å². The Morgan fingerprint density at radius 3 is 2.54 bits per heavy atom. The van der Waals surface area contributed by atoms with Gasteiger partial charge in [0.05, 0.1) is 5.56 Å². The van der Waals surface area contributed by atoms with Crippen molar-refractivity contribution in [1.29, 1.82) is 0 Å². The van der Waals surface area contributed by atoms with Gasteiger partial charge in [-0.2, -0.15) is 0 Å². The topological polar surface area (TPSA) is 73.1 Å². The van der Waals surface area contributed by atoms with Gasteiger partial charge < -0.3 is 5.73 Å². The summed E-state index contributed by atoms with van der Waals surface area (Å²) in [6.07, 6.45) is 1.67. The molecule has 0 spiro atoms. The molecule has 4 heteroatoms. The second-order valence-electron chi connectivity index (χ2n) is 2.78. The molecular weight excluding hydrogens is 168 g/mol. The van der Waals surface area contributed by atoms with E-state index in [1.165, 1.54) is 13.1 Å². The summed E-state index contributed by atoms with van der Waals surface area (Å²) in [5.74, 6) is -0.471. The lowest BCUT2D eigenvalue weighted by molar-refractivity contribution is -0.116. The van der Waals surface area contributed by atoms with Crippen LogP contribution in [-0.4, -0.2) is 16.7 Å². The molecule has 1 heterocycles. The molecule has 0 aliphatic carbocycles. The number of hydrogen-bond acceptors (Lipinski definition) is 3. The van der Waals surface area contributed by atoms with Crippen LogP contribution in [0.2, 0.25) is 0 Å². The van der Waals surface area contributed by atoms with Gasteiger partial charge in [0.15, 0.2) is 0 Å². The molecule has 0 atom stereocenters.